The lowest BCUT2D eigenvalue weighted by Gasteiger charge is -2.08. The number of furan rings is 1. The first-order valence-electron chi connectivity index (χ1n) is 6.53. The smallest absolute Gasteiger partial charge is 0.277 e. The summed E-state index contributed by atoms with van der Waals surface area (Å²) in [7, 11) is 0. The second kappa shape index (κ2) is 5.28. The molecular formula is C16H14N2O3. The lowest BCUT2D eigenvalue weighted by Crippen LogP contribution is -2.13. The fourth-order valence-corrected chi connectivity index (χ4v) is 1.99. The van der Waals surface area contributed by atoms with Gasteiger partial charge in [-0.2, -0.15) is 0 Å². The standard InChI is InChI=1S/C16H14N2O3/c1-10-5-3-6-12(11(10)2)17-16(19)13-9-15(21-18-13)14-7-4-8-20-14/h3-9H,1-2H3,(H,17,19). The summed E-state index contributed by atoms with van der Waals surface area (Å²) < 4.78 is 10.3. The molecule has 0 bridgehead atoms. The Morgan fingerprint density at radius 3 is 2.76 bits per heavy atom. The van der Waals surface area contributed by atoms with Crippen LogP contribution in [0.1, 0.15) is 21.6 Å². The highest BCUT2D eigenvalue weighted by atomic mass is 16.5. The number of carbonyl (C=O) groups excluding carboxylic acids is 1. The predicted octanol–water partition coefficient (Wildman–Crippen LogP) is 3.80. The third-order valence-corrected chi connectivity index (χ3v) is 3.36. The number of hydrogen-bond acceptors (Lipinski definition) is 4. The van der Waals surface area contributed by atoms with Crippen molar-refractivity contribution in [2.45, 2.75) is 13.8 Å². The van der Waals surface area contributed by atoms with Gasteiger partial charge >= 0.3 is 0 Å². The van der Waals surface area contributed by atoms with Gasteiger partial charge in [0.15, 0.2) is 11.5 Å². The van der Waals surface area contributed by atoms with Crippen molar-refractivity contribution in [3.05, 3.63) is 59.5 Å². The highest BCUT2D eigenvalue weighted by molar-refractivity contribution is 6.03. The summed E-state index contributed by atoms with van der Waals surface area (Å²) in [5, 5.41) is 6.61. The second-order valence-electron chi connectivity index (χ2n) is 4.76. The molecule has 0 radical (unpaired) electrons. The molecule has 0 saturated carbocycles. The topological polar surface area (TPSA) is 68.3 Å². The van der Waals surface area contributed by atoms with Crippen LogP contribution < -0.4 is 5.32 Å². The molecule has 2 aromatic heterocycles. The van der Waals surface area contributed by atoms with Crippen molar-refractivity contribution >= 4 is 11.6 Å². The van der Waals surface area contributed by atoms with Gasteiger partial charge in [-0.3, -0.25) is 4.79 Å². The second-order valence-corrected chi connectivity index (χ2v) is 4.76. The van der Waals surface area contributed by atoms with Gasteiger partial charge in [0.2, 0.25) is 5.76 Å². The number of rotatable bonds is 3. The first-order chi connectivity index (χ1) is 10.1. The van der Waals surface area contributed by atoms with E-state index in [1.54, 1.807) is 18.2 Å². The molecule has 3 rings (SSSR count). The Labute approximate surface area is 121 Å². The summed E-state index contributed by atoms with van der Waals surface area (Å²) in [6.07, 6.45) is 1.54. The molecule has 0 aliphatic carbocycles. The fourth-order valence-electron chi connectivity index (χ4n) is 1.99. The molecule has 1 aromatic carbocycles. The van der Waals surface area contributed by atoms with Crippen molar-refractivity contribution in [1.29, 1.82) is 0 Å². The van der Waals surface area contributed by atoms with E-state index in [4.69, 9.17) is 8.94 Å². The Morgan fingerprint density at radius 2 is 2.00 bits per heavy atom. The zero-order chi connectivity index (χ0) is 14.8. The van der Waals surface area contributed by atoms with Gasteiger partial charge in [0.1, 0.15) is 0 Å². The monoisotopic (exact) mass is 282 g/mol. The number of benzene rings is 1. The van der Waals surface area contributed by atoms with Crippen molar-refractivity contribution in [1.82, 2.24) is 5.16 Å². The minimum atomic E-state index is -0.315. The van der Waals surface area contributed by atoms with Gasteiger partial charge in [0, 0.05) is 11.8 Å². The Morgan fingerprint density at radius 1 is 1.14 bits per heavy atom. The van der Waals surface area contributed by atoms with Gasteiger partial charge in [-0.05, 0) is 43.2 Å². The Hall–Kier alpha value is -2.82. The van der Waals surface area contributed by atoms with E-state index in [1.165, 1.54) is 6.26 Å². The molecule has 5 heteroatoms. The molecule has 0 unspecified atom stereocenters. The van der Waals surface area contributed by atoms with E-state index < -0.39 is 0 Å². The van der Waals surface area contributed by atoms with Crippen molar-refractivity contribution in [2.24, 2.45) is 0 Å². The lowest BCUT2D eigenvalue weighted by molar-refractivity contribution is 0.101. The molecule has 0 spiro atoms. The number of amides is 1. The van der Waals surface area contributed by atoms with Gasteiger partial charge in [-0.25, -0.2) is 0 Å². The van der Waals surface area contributed by atoms with Crippen molar-refractivity contribution < 1.29 is 13.7 Å². The maximum absolute atomic E-state index is 12.2. The fraction of sp³-hybridized carbons (Fsp3) is 0.125. The highest BCUT2D eigenvalue weighted by Crippen LogP contribution is 2.22. The van der Waals surface area contributed by atoms with Crippen LogP contribution in [-0.2, 0) is 0 Å². The molecule has 0 fully saturated rings. The van der Waals surface area contributed by atoms with E-state index in [0.717, 1.165) is 16.8 Å². The van der Waals surface area contributed by atoms with Gasteiger partial charge in [0.05, 0.1) is 6.26 Å². The molecule has 106 valence electrons. The molecule has 21 heavy (non-hydrogen) atoms. The van der Waals surface area contributed by atoms with Gasteiger partial charge in [0.25, 0.3) is 5.91 Å². The molecule has 1 N–H and O–H groups in total. The molecule has 1 amide bonds. The van der Waals surface area contributed by atoms with E-state index in [1.807, 2.05) is 32.0 Å². The number of hydrogen-bond donors (Lipinski definition) is 1. The third kappa shape index (κ3) is 2.58. The van der Waals surface area contributed by atoms with Crippen LogP contribution in [0.25, 0.3) is 11.5 Å². The summed E-state index contributed by atoms with van der Waals surface area (Å²) in [5.41, 5.74) is 3.12. The molecule has 0 aliphatic heterocycles. The molecule has 0 aliphatic rings. The van der Waals surface area contributed by atoms with E-state index in [-0.39, 0.29) is 11.6 Å². The Bertz CT molecular complexity index is 773. The number of anilines is 1. The Kier molecular flexibility index (Phi) is 3.31. The van der Waals surface area contributed by atoms with Crippen LogP contribution in [0.5, 0.6) is 0 Å². The van der Waals surface area contributed by atoms with Crippen LogP contribution in [0, 0.1) is 13.8 Å². The predicted molar refractivity (Wildman–Crippen MR) is 78.1 cm³/mol. The van der Waals surface area contributed by atoms with Gasteiger partial charge < -0.3 is 14.3 Å². The third-order valence-electron chi connectivity index (χ3n) is 3.36. The summed E-state index contributed by atoms with van der Waals surface area (Å²) in [5.74, 6) is 0.643. The average Bonchev–Trinajstić information content (AvgIpc) is 3.13. The van der Waals surface area contributed by atoms with E-state index in [2.05, 4.69) is 10.5 Å². The minimum absolute atomic E-state index is 0.210. The molecular weight excluding hydrogens is 268 g/mol. The summed E-state index contributed by atoms with van der Waals surface area (Å²) in [4.78, 5) is 12.2. The number of carbonyl (C=O) groups is 1. The molecule has 3 aromatic rings. The van der Waals surface area contributed by atoms with E-state index in [9.17, 15) is 4.79 Å². The SMILES string of the molecule is Cc1cccc(NC(=O)c2cc(-c3ccco3)on2)c1C. The van der Waals surface area contributed by atoms with Gasteiger partial charge in [-0.15, -0.1) is 0 Å². The van der Waals surface area contributed by atoms with Crippen molar-refractivity contribution in [2.75, 3.05) is 5.32 Å². The Balaban J connectivity index is 1.81. The maximum Gasteiger partial charge on any atom is 0.277 e. The summed E-state index contributed by atoms with van der Waals surface area (Å²) >= 11 is 0. The summed E-state index contributed by atoms with van der Waals surface area (Å²) in [6, 6.07) is 10.8. The molecule has 0 atom stereocenters. The van der Waals surface area contributed by atoms with Crippen LogP contribution in [0.15, 0.2) is 51.6 Å². The highest BCUT2D eigenvalue weighted by Gasteiger charge is 2.16. The number of nitrogens with zero attached hydrogens (tertiary/aromatic N) is 1. The first-order valence-corrected chi connectivity index (χ1v) is 6.53. The van der Waals surface area contributed by atoms with Crippen LogP contribution in [0.4, 0.5) is 5.69 Å². The molecule has 2 heterocycles. The number of aromatic nitrogens is 1. The van der Waals surface area contributed by atoms with Crippen LogP contribution in [0.2, 0.25) is 0 Å². The van der Waals surface area contributed by atoms with E-state index in [0.29, 0.717) is 11.5 Å². The van der Waals surface area contributed by atoms with Crippen LogP contribution in [0.3, 0.4) is 0 Å². The molecule has 5 nitrogen and oxygen atoms in total. The number of nitrogens with one attached hydrogen (secondary N) is 1. The summed E-state index contributed by atoms with van der Waals surface area (Å²) in [6.45, 7) is 3.96. The van der Waals surface area contributed by atoms with E-state index >= 15 is 0 Å². The maximum atomic E-state index is 12.2. The molecule has 0 saturated heterocycles. The average molecular weight is 282 g/mol. The number of aryl methyl sites for hydroxylation is 1. The zero-order valence-corrected chi connectivity index (χ0v) is 11.7. The van der Waals surface area contributed by atoms with Gasteiger partial charge in [-0.1, -0.05) is 17.3 Å². The largest absolute Gasteiger partial charge is 0.461 e. The van der Waals surface area contributed by atoms with Crippen LogP contribution in [-0.4, -0.2) is 11.1 Å². The minimum Gasteiger partial charge on any atom is -0.461 e. The van der Waals surface area contributed by atoms with Crippen LogP contribution >= 0.6 is 0 Å². The van der Waals surface area contributed by atoms with Crippen molar-refractivity contribution in [3.8, 4) is 11.5 Å². The quantitative estimate of drug-likeness (QED) is 0.793. The zero-order valence-electron chi connectivity index (χ0n) is 11.7. The first kappa shape index (κ1) is 13.2. The normalized spacial score (nSPS) is 10.6. The lowest BCUT2D eigenvalue weighted by atomic mass is 10.1. The van der Waals surface area contributed by atoms with Crippen molar-refractivity contribution in [3.63, 3.8) is 0 Å².